The fraction of sp³-hybridized carbons (Fsp3) is 0.583. The fourth-order valence-corrected chi connectivity index (χ4v) is 5.06. The van der Waals surface area contributed by atoms with E-state index >= 15 is 0 Å². The zero-order valence-corrected chi connectivity index (χ0v) is 18.9. The van der Waals surface area contributed by atoms with Gasteiger partial charge in [0.05, 0.1) is 11.1 Å². The molecule has 3 heterocycles. The van der Waals surface area contributed by atoms with Gasteiger partial charge in [0.1, 0.15) is 5.60 Å². The summed E-state index contributed by atoms with van der Waals surface area (Å²) in [5.74, 6) is -0.782. The van der Waals surface area contributed by atoms with Crippen molar-refractivity contribution in [3.05, 3.63) is 46.0 Å². The van der Waals surface area contributed by atoms with Crippen molar-refractivity contribution in [3.8, 4) is 0 Å². The maximum atomic E-state index is 13.6. The van der Waals surface area contributed by atoms with Gasteiger partial charge in [-0.05, 0) is 57.4 Å². The van der Waals surface area contributed by atoms with Crippen LogP contribution in [0.25, 0.3) is 0 Å². The van der Waals surface area contributed by atoms with Crippen molar-refractivity contribution < 1.29 is 27.5 Å². The Hall–Kier alpha value is -2.35. The van der Waals surface area contributed by atoms with Crippen molar-refractivity contribution in [2.24, 2.45) is 0 Å². The molecular weight excluding hydrogens is 421 g/mol. The quantitative estimate of drug-likeness (QED) is 0.605. The first-order chi connectivity index (χ1) is 14.8. The smallest absolute Gasteiger partial charge is 0.416 e. The molecule has 5 nitrogen and oxygen atoms in total. The molecule has 0 aromatic heterocycles. The maximum Gasteiger partial charge on any atom is 0.416 e. The summed E-state index contributed by atoms with van der Waals surface area (Å²) >= 11 is 0. The number of alkyl halides is 3. The van der Waals surface area contributed by atoms with E-state index in [4.69, 9.17) is 4.74 Å². The molecule has 3 aliphatic rings. The normalized spacial score (nSPS) is 21.7. The monoisotopic (exact) mass is 450 g/mol. The number of carbonyl (C=O) groups is 2. The molecule has 8 heteroatoms. The molecule has 0 atom stereocenters. The molecule has 4 rings (SSSR count). The Bertz CT molecular complexity index is 983. The third-order valence-corrected chi connectivity index (χ3v) is 6.99. The third-order valence-electron chi connectivity index (χ3n) is 6.99. The molecule has 0 aliphatic carbocycles. The van der Waals surface area contributed by atoms with Crippen LogP contribution in [0, 0.1) is 0 Å². The standard InChI is InChI=1S/C24H29F3N2O3/c1-15-19(23(32-21(15)31)8-11-29(12-9-23)22(2,3)4)20(30)28-10-7-16-5-6-18(24(25,26)27)13-17(16)14-28/h5-6,13H,7-12,14H2,1-4H3. The molecule has 0 N–H and O–H groups in total. The first kappa shape index (κ1) is 22.8. The van der Waals surface area contributed by atoms with E-state index < -0.39 is 23.3 Å². The van der Waals surface area contributed by atoms with E-state index in [1.54, 1.807) is 11.8 Å². The SMILES string of the molecule is CC1=C(C(=O)N2CCc3ccc(C(F)(F)F)cc3C2)C2(CCN(C(C)(C)C)CC2)OC1=O. The number of likely N-dealkylation sites (tertiary alicyclic amines) is 1. The summed E-state index contributed by atoms with van der Waals surface area (Å²) < 4.78 is 45.3. The molecule has 0 saturated carbocycles. The largest absolute Gasteiger partial charge is 0.450 e. The molecule has 0 unspecified atom stereocenters. The second kappa shape index (κ2) is 7.61. The summed E-state index contributed by atoms with van der Waals surface area (Å²) in [5.41, 5.74) is 0.319. The number of carbonyl (C=O) groups excluding carboxylic acids is 2. The second-order valence-electron chi connectivity index (χ2n) is 10.00. The Morgan fingerprint density at radius 1 is 1.06 bits per heavy atom. The van der Waals surface area contributed by atoms with Gasteiger partial charge in [-0.15, -0.1) is 0 Å². The van der Waals surface area contributed by atoms with Crippen LogP contribution in [0.1, 0.15) is 57.2 Å². The molecule has 1 amide bonds. The lowest BCUT2D eigenvalue weighted by Crippen LogP contribution is -2.54. The molecular formula is C24H29F3N2O3. The van der Waals surface area contributed by atoms with Crippen molar-refractivity contribution in [1.29, 1.82) is 0 Å². The van der Waals surface area contributed by atoms with Crippen LogP contribution in [0.2, 0.25) is 0 Å². The van der Waals surface area contributed by atoms with Crippen molar-refractivity contribution in [3.63, 3.8) is 0 Å². The van der Waals surface area contributed by atoms with E-state index in [1.807, 2.05) is 0 Å². The minimum absolute atomic E-state index is 0.0279. The molecule has 1 spiro atoms. The predicted molar refractivity (Wildman–Crippen MR) is 113 cm³/mol. The molecule has 1 fully saturated rings. The Kier molecular flexibility index (Phi) is 5.43. The lowest BCUT2D eigenvalue weighted by atomic mass is 9.81. The lowest BCUT2D eigenvalue weighted by molar-refractivity contribution is -0.152. The van der Waals surface area contributed by atoms with E-state index in [2.05, 4.69) is 25.7 Å². The van der Waals surface area contributed by atoms with E-state index in [-0.39, 0.29) is 18.0 Å². The Morgan fingerprint density at radius 2 is 1.72 bits per heavy atom. The van der Waals surface area contributed by atoms with E-state index in [0.29, 0.717) is 55.6 Å². The first-order valence-electron chi connectivity index (χ1n) is 11.0. The van der Waals surface area contributed by atoms with Crippen molar-refractivity contribution >= 4 is 11.9 Å². The molecule has 174 valence electrons. The van der Waals surface area contributed by atoms with Crippen LogP contribution >= 0.6 is 0 Å². The van der Waals surface area contributed by atoms with Crippen molar-refractivity contribution in [2.75, 3.05) is 19.6 Å². The number of hydrogen-bond acceptors (Lipinski definition) is 4. The van der Waals surface area contributed by atoms with E-state index in [9.17, 15) is 22.8 Å². The topological polar surface area (TPSA) is 49.9 Å². The summed E-state index contributed by atoms with van der Waals surface area (Å²) in [7, 11) is 0. The number of nitrogens with zero attached hydrogens (tertiary/aromatic N) is 2. The minimum atomic E-state index is -4.43. The van der Waals surface area contributed by atoms with Gasteiger partial charge in [-0.3, -0.25) is 9.69 Å². The third kappa shape index (κ3) is 3.93. The van der Waals surface area contributed by atoms with Crippen LogP contribution in [0.5, 0.6) is 0 Å². The fourth-order valence-electron chi connectivity index (χ4n) is 5.06. The van der Waals surface area contributed by atoms with Crippen molar-refractivity contribution in [1.82, 2.24) is 9.80 Å². The second-order valence-corrected chi connectivity index (χ2v) is 10.00. The van der Waals surface area contributed by atoms with Crippen LogP contribution in [0.4, 0.5) is 13.2 Å². The summed E-state index contributed by atoms with van der Waals surface area (Å²) in [6.45, 7) is 9.86. The Balaban J connectivity index is 1.59. The van der Waals surface area contributed by atoms with Crippen LogP contribution < -0.4 is 0 Å². The van der Waals surface area contributed by atoms with Gasteiger partial charge in [0, 0.05) is 50.1 Å². The summed E-state index contributed by atoms with van der Waals surface area (Å²) in [5, 5.41) is 0. The number of rotatable bonds is 1. The highest BCUT2D eigenvalue weighted by Crippen LogP contribution is 2.43. The Morgan fingerprint density at radius 3 is 2.31 bits per heavy atom. The molecule has 3 aliphatic heterocycles. The molecule has 1 saturated heterocycles. The van der Waals surface area contributed by atoms with Crippen LogP contribution in [-0.4, -0.2) is 52.5 Å². The summed E-state index contributed by atoms with van der Waals surface area (Å²) in [6, 6.07) is 3.71. The minimum Gasteiger partial charge on any atom is -0.450 e. The van der Waals surface area contributed by atoms with Gasteiger partial charge in [0.15, 0.2) is 0 Å². The number of benzene rings is 1. The van der Waals surface area contributed by atoms with Gasteiger partial charge in [-0.25, -0.2) is 4.79 Å². The van der Waals surface area contributed by atoms with Gasteiger partial charge >= 0.3 is 12.1 Å². The number of hydrogen-bond donors (Lipinski definition) is 0. The number of esters is 1. The predicted octanol–water partition coefficient (Wildman–Crippen LogP) is 4.10. The first-order valence-corrected chi connectivity index (χ1v) is 11.0. The Labute approximate surface area is 186 Å². The molecule has 1 aromatic carbocycles. The lowest BCUT2D eigenvalue weighted by Gasteiger charge is -2.45. The zero-order chi connectivity index (χ0) is 23.5. The van der Waals surface area contributed by atoms with E-state index in [0.717, 1.165) is 17.7 Å². The van der Waals surface area contributed by atoms with Crippen molar-refractivity contribution in [2.45, 2.75) is 70.8 Å². The number of ether oxygens (including phenoxy) is 1. The van der Waals surface area contributed by atoms with Gasteiger partial charge < -0.3 is 9.64 Å². The van der Waals surface area contributed by atoms with E-state index in [1.165, 1.54) is 6.07 Å². The number of fused-ring (bicyclic) bond motifs is 1. The summed E-state index contributed by atoms with van der Waals surface area (Å²) in [6.07, 6.45) is -2.91. The van der Waals surface area contributed by atoms with Gasteiger partial charge in [-0.2, -0.15) is 13.2 Å². The maximum absolute atomic E-state index is 13.6. The molecule has 0 bridgehead atoms. The zero-order valence-electron chi connectivity index (χ0n) is 18.9. The van der Waals surface area contributed by atoms with Gasteiger partial charge in [0.2, 0.25) is 0 Å². The highest BCUT2D eigenvalue weighted by Gasteiger charge is 2.52. The van der Waals surface area contributed by atoms with Gasteiger partial charge in [0.25, 0.3) is 5.91 Å². The highest BCUT2D eigenvalue weighted by atomic mass is 19.4. The van der Waals surface area contributed by atoms with Crippen LogP contribution in [0.3, 0.4) is 0 Å². The average Bonchev–Trinajstić information content (AvgIpc) is 2.95. The molecule has 1 aromatic rings. The van der Waals surface area contributed by atoms with Crippen LogP contribution in [0.15, 0.2) is 29.3 Å². The number of amides is 1. The number of halogens is 3. The van der Waals surface area contributed by atoms with Gasteiger partial charge in [-0.1, -0.05) is 6.07 Å². The van der Waals surface area contributed by atoms with Crippen LogP contribution in [-0.2, 0) is 33.5 Å². The summed E-state index contributed by atoms with van der Waals surface area (Å²) in [4.78, 5) is 29.9. The number of piperidine rings is 1. The molecule has 0 radical (unpaired) electrons. The average molecular weight is 451 g/mol. The highest BCUT2D eigenvalue weighted by molar-refractivity contribution is 6.07. The molecule has 32 heavy (non-hydrogen) atoms.